The lowest BCUT2D eigenvalue weighted by Crippen LogP contribution is -2.27. The number of furan rings is 1. The van der Waals surface area contributed by atoms with Gasteiger partial charge in [-0.25, -0.2) is 9.97 Å². The van der Waals surface area contributed by atoms with E-state index in [4.69, 9.17) is 4.42 Å². The molecule has 9 nitrogen and oxygen atoms in total. The van der Waals surface area contributed by atoms with E-state index in [1.807, 2.05) is 45.0 Å². The average Bonchev–Trinajstić information content (AvgIpc) is 3.62. The lowest BCUT2D eigenvalue weighted by Gasteiger charge is -2.17. The molecule has 0 spiro atoms. The predicted molar refractivity (Wildman–Crippen MR) is 138 cm³/mol. The van der Waals surface area contributed by atoms with Gasteiger partial charge in [0.1, 0.15) is 5.65 Å². The Morgan fingerprint density at radius 3 is 2.64 bits per heavy atom. The van der Waals surface area contributed by atoms with Crippen LogP contribution in [0.5, 0.6) is 0 Å². The summed E-state index contributed by atoms with van der Waals surface area (Å²) in [6, 6.07) is 9.85. The van der Waals surface area contributed by atoms with Gasteiger partial charge in [0.05, 0.1) is 35.8 Å². The van der Waals surface area contributed by atoms with Crippen LogP contribution in [-0.2, 0) is 4.79 Å². The molecule has 0 radical (unpaired) electrons. The van der Waals surface area contributed by atoms with E-state index in [9.17, 15) is 4.79 Å². The Balaban J connectivity index is 1.40. The van der Waals surface area contributed by atoms with Crippen molar-refractivity contribution in [1.29, 1.82) is 0 Å². The zero-order valence-corrected chi connectivity index (χ0v) is 20.0. The number of nitrogens with one attached hydrogen (secondary N) is 3. The van der Waals surface area contributed by atoms with Gasteiger partial charge in [-0.05, 0) is 35.9 Å². The zero-order chi connectivity index (χ0) is 24.9. The van der Waals surface area contributed by atoms with Gasteiger partial charge in [0.25, 0.3) is 0 Å². The number of amides is 1. The largest absolute Gasteiger partial charge is 0.472 e. The normalized spacial score (nSPS) is 11.9. The quantitative estimate of drug-likeness (QED) is 0.294. The Kier molecular flexibility index (Phi) is 4.92. The average molecular weight is 478 g/mol. The predicted octanol–water partition coefficient (Wildman–Crippen LogP) is 5.81. The number of hydrogen-bond acceptors (Lipinski definition) is 6. The zero-order valence-electron chi connectivity index (χ0n) is 20.0. The minimum Gasteiger partial charge on any atom is -0.472 e. The number of aromatic nitrogens is 6. The van der Waals surface area contributed by atoms with E-state index in [-0.39, 0.29) is 5.91 Å². The first-order chi connectivity index (χ1) is 17.4. The van der Waals surface area contributed by atoms with E-state index in [1.165, 1.54) is 0 Å². The molecule has 0 aliphatic carbocycles. The molecule has 6 aromatic heterocycles. The van der Waals surface area contributed by atoms with Crippen LogP contribution in [0.3, 0.4) is 0 Å². The molecular formula is C27H23N7O2. The van der Waals surface area contributed by atoms with Crippen LogP contribution in [0, 0.1) is 5.41 Å². The smallest absolute Gasteiger partial charge is 0.229 e. The first-order valence-corrected chi connectivity index (χ1v) is 11.5. The van der Waals surface area contributed by atoms with Gasteiger partial charge in [0.2, 0.25) is 5.91 Å². The Morgan fingerprint density at radius 1 is 0.972 bits per heavy atom. The number of hydrogen-bond donors (Lipinski definition) is 3. The van der Waals surface area contributed by atoms with E-state index in [0.717, 1.165) is 50.1 Å². The van der Waals surface area contributed by atoms with Crippen molar-refractivity contribution in [2.45, 2.75) is 20.8 Å². The molecule has 9 heteroatoms. The van der Waals surface area contributed by atoms with Gasteiger partial charge in [0.15, 0.2) is 5.65 Å². The molecule has 0 atom stereocenters. The Labute approximate surface area is 206 Å². The van der Waals surface area contributed by atoms with Crippen molar-refractivity contribution in [2.24, 2.45) is 5.41 Å². The molecule has 178 valence electrons. The molecule has 0 aliphatic rings. The number of carbonyl (C=O) groups is 1. The number of anilines is 1. The van der Waals surface area contributed by atoms with Gasteiger partial charge in [-0.15, -0.1) is 0 Å². The summed E-state index contributed by atoms with van der Waals surface area (Å²) in [6.07, 6.45) is 10.3. The summed E-state index contributed by atoms with van der Waals surface area (Å²) in [5.74, 6) is -0.0747. The van der Waals surface area contributed by atoms with Gasteiger partial charge in [-0.3, -0.25) is 14.9 Å². The third-order valence-corrected chi connectivity index (χ3v) is 6.05. The summed E-state index contributed by atoms with van der Waals surface area (Å²) in [5, 5.41) is 12.3. The van der Waals surface area contributed by atoms with Crippen LogP contribution in [-0.4, -0.2) is 36.0 Å². The molecule has 0 unspecified atom stereocenters. The molecule has 0 saturated carbocycles. The third-order valence-electron chi connectivity index (χ3n) is 6.05. The van der Waals surface area contributed by atoms with Gasteiger partial charge in [-0.1, -0.05) is 20.8 Å². The highest BCUT2D eigenvalue weighted by atomic mass is 16.3. The van der Waals surface area contributed by atoms with Gasteiger partial charge in [-0.2, -0.15) is 5.10 Å². The summed E-state index contributed by atoms with van der Waals surface area (Å²) in [7, 11) is 0. The van der Waals surface area contributed by atoms with Crippen molar-refractivity contribution in [1.82, 2.24) is 30.1 Å². The number of pyridine rings is 3. The van der Waals surface area contributed by atoms with E-state index < -0.39 is 5.41 Å². The van der Waals surface area contributed by atoms with Crippen LogP contribution in [0.1, 0.15) is 20.8 Å². The fourth-order valence-electron chi connectivity index (χ4n) is 4.08. The molecule has 0 bridgehead atoms. The number of fused-ring (bicyclic) bond motifs is 2. The standard InChI is InChI=1S/C27H23N7O2/c1-27(2,3)26(35)31-18-8-16(11-28-13-18)17-9-21-23(33-34-25(21)30-12-17)22-10-20-19(15-5-7-36-14-15)4-6-29-24(20)32-22/h4-14H,1-3H3,(H,29,32)(H,31,35)(H,30,33,34). The van der Waals surface area contributed by atoms with E-state index in [0.29, 0.717) is 11.3 Å². The van der Waals surface area contributed by atoms with Crippen molar-refractivity contribution >= 4 is 33.7 Å². The van der Waals surface area contributed by atoms with Gasteiger partial charge >= 0.3 is 0 Å². The summed E-state index contributed by atoms with van der Waals surface area (Å²) in [6.45, 7) is 5.61. The topological polar surface area (TPSA) is 125 Å². The fraction of sp³-hybridized carbons (Fsp3) is 0.148. The second-order valence-electron chi connectivity index (χ2n) is 9.68. The second-order valence-corrected chi connectivity index (χ2v) is 9.68. The highest BCUT2D eigenvalue weighted by Crippen LogP contribution is 2.34. The minimum atomic E-state index is -0.506. The SMILES string of the molecule is CC(C)(C)C(=O)Nc1cncc(-c2cnc3n[nH]c(-c4cc5c(-c6ccoc6)ccnc5[nH]4)c3c2)c1. The second kappa shape index (κ2) is 8.16. The van der Waals surface area contributed by atoms with E-state index in [2.05, 4.69) is 41.5 Å². The molecule has 0 aliphatic heterocycles. The first kappa shape index (κ1) is 21.7. The monoisotopic (exact) mass is 477 g/mol. The van der Waals surface area contributed by atoms with Crippen LogP contribution in [0.2, 0.25) is 0 Å². The molecule has 6 rings (SSSR count). The summed E-state index contributed by atoms with van der Waals surface area (Å²) < 4.78 is 5.27. The van der Waals surface area contributed by atoms with Crippen LogP contribution in [0.4, 0.5) is 5.69 Å². The lowest BCUT2D eigenvalue weighted by molar-refractivity contribution is -0.123. The van der Waals surface area contributed by atoms with Crippen LogP contribution in [0.15, 0.2) is 72.1 Å². The van der Waals surface area contributed by atoms with Crippen molar-refractivity contribution < 1.29 is 9.21 Å². The highest BCUT2D eigenvalue weighted by Gasteiger charge is 2.21. The minimum absolute atomic E-state index is 0.0747. The number of nitrogens with zero attached hydrogens (tertiary/aromatic N) is 4. The molecule has 0 aromatic carbocycles. The fourth-order valence-corrected chi connectivity index (χ4v) is 4.08. The molecular weight excluding hydrogens is 454 g/mol. The number of aromatic amines is 2. The molecule has 6 heterocycles. The first-order valence-electron chi connectivity index (χ1n) is 11.5. The van der Waals surface area contributed by atoms with Gasteiger partial charge < -0.3 is 14.7 Å². The molecule has 3 N–H and O–H groups in total. The maximum Gasteiger partial charge on any atom is 0.229 e. The van der Waals surface area contributed by atoms with E-state index >= 15 is 0 Å². The molecule has 0 saturated heterocycles. The lowest BCUT2D eigenvalue weighted by atomic mass is 9.95. The van der Waals surface area contributed by atoms with E-state index in [1.54, 1.807) is 37.3 Å². The highest BCUT2D eigenvalue weighted by molar-refractivity contribution is 6.00. The van der Waals surface area contributed by atoms with Crippen molar-refractivity contribution in [3.05, 3.63) is 67.6 Å². The Bertz CT molecular complexity index is 1720. The maximum atomic E-state index is 12.4. The van der Waals surface area contributed by atoms with Crippen LogP contribution in [0.25, 0.3) is 55.7 Å². The number of rotatable bonds is 4. The summed E-state index contributed by atoms with van der Waals surface area (Å²) >= 11 is 0. The summed E-state index contributed by atoms with van der Waals surface area (Å²) in [4.78, 5) is 29.2. The summed E-state index contributed by atoms with van der Waals surface area (Å²) in [5.41, 5.74) is 6.85. The molecule has 6 aromatic rings. The Hall–Kier alpha value is -4.79. The van der Waals surface area contributed by atoms with Crippen molar-refractivity contribution in [2.75, 3.05) is 5.32 Å². The van der Waals surface area contributed by atoms with Crippen molar-refractivity contribution in [3.63, 3.8) is 0 Å². The van der Waals surface area contributed by atoms with Crippen molar-refractivity contribution in [3.8, 4) is 33.6 Å². The Morgan fingerprint density at radius 2 is 1.83 bits per heavy atom. The molecule has 1 amide bonds. The number of carbonyl (C=O) groups excluding carboxylic acids is 1. The van der Waals surface area contributed by atoms with Crippen LogP contribution >= 0.6 is 0 Å². The third kappa shape index (κ3) is 3.80. The van der Waals surface area contributed by atoms with Crippen LogP contribution < -0.4 is 5.32 Å². The maximum absolute atomic E-state index is 12.4. The number of H-pyrrole nitrogens is 2. The molecule has 36 heavy (non-hydrogen) atoms. The van der Waals surface area contributed by atoms with Gasteiger partial charge in [0, 0.05) is 51.5 Å². The molecule has 0 fully saturated rings.